The molecule has 0 spiro atoms. The predicted octanol–water partition coefficient (Wildman–Crippen LogP) is 2.41. The Bertz CT molecular complexity index is 915. The fraction of sp³-hybridized carbons (Fsp3) is 0.316. The second kappa shape index (κ2) is 6.76. The first kappa shape index (κ1) is 16.5. The van der Waals surface area contributed by atoms with Crippen molar-refractivity contribution in [3.05, 3.63) is 42.1 Å². The zero-order valence-electron chi connectivity index (χ0n) is 15.1. The highest BCUT2D eigenvalue weighted by atomic mass is 15.2. The van der Waals surface area contributed by atoms with E-state index in [1.807, 2.05) is 13.0 Å². The van der Waals surface area contributed by atoms with Crippen molar-refractivity contribution in [3.8, 4) is 0 Å². The van der Waals surface area contributed by atoms with Crippen LogP contribution in [0.3, 0.4) is 0 Å². The van der Waals surface area contributed by atoms with Gasteiger partial charge in [0.2, 0.25) is 5.95 Å². The van der Waals surface area contributed by atoms with Gasteiger partial charge in [-0.1, -0.05) is 0 Å². The molecule has 0 unspecified atom stereocenters. The molecule has 7 heteroatoms. The van der Waals surface area contributed by atoms with Crippen LogP contribution in [0.2, 0.25) is 0 Å². The van der Waals surface area contributed by atoms with E-state index in [9.17, 15) is 0 Å². The van der Waals surface area contributed by atoms with Crippen LogP contribution >= 0.6 is 0 Å². The molecule has 3 heterocycles. The highest BCUT2D eigenvalue weighted by Gasteiger charge is 2.14. The standard InChI is InChI=1S/C19H23N7/c1-13-11-17(20)23-18-16(13)12-21-19(24-18)22-14-3-5-15(6-4-14)26-9-7-25(2)8-10-26/h3-6,11-12H,7-10H2,1-2H3,(H3,20,21,22,23,24). The Balaban J connectivity index is 1.51. The molecule has 4 rings (SSSR count). The van der Waals surface area contributed by atoms with Crippen molar-refractivity contribution >= 4 is 34.2 Å². The summed E-state index contributed by atoms with van der Waals surface area (Å²) in [6.07, 6.45) is 1.78. The third-order valence-electron chi connectivity index (χ3n) is 4.78. The number of rotatable bonds is 3. The molecule has 7 nitrogen and oxygen atoms in total. The first-order chi connectivity index (χ1) is 12.6. The minimum absolute atomic E-state index is 0.469. The summed E-state index contributed by atoms with van der Waals surface area (Å²) in [6, 6.07) is 10.2. The highest BCUT2D eigenvalue weighted by Crippen LogP contribution is 2.22. The van der Waals surface area contributed by atoms with Gasteiger partial charge >= 0.3 is 0 Å². The van der Waals surface area contributed by atoms with Crippen molar-refractivity contribution in [2.45, 2.75) is 6.92 Å². The van der Waals surface area contributed by atoms with E-state index in [1.165, 1.54) is 5.69 Å². The fourth-order valence-corrected chi connectivity index (χ4v) is 3.20. The summed E-state index contributed by atoms with van der Waals surface area (Å²) in [5.41, 5.74) is 9.64. The number of nitrogens with two attached hydrogens (primary N) is 1. The predicted molar refractivity (Wildman–Crippen MR) is 106 cm³/mol. The van der Waals surface area contributed by atoms with Crippen molar-refractivity contribution in [2.24, 2.45) is 0 Å². The summed E-state index contributed by atoms with van der Waals surface area (Å²) in [5.74, 6) is 0.985. The Morgan fingerprint density at radius 1 is 1.04 bits per heavy atom. The Morgan fingerprint density at radius 3 is 2.50 bits per heavy atom. The topological polar surface area (TPSA) is 83.2 Å². The van der Waals surface area contributed by atoms with Gasteiger partial charge < -0.3 is 20.9 Å². The number of fused-ring (bicyclic) bond motifs is 1. The molecular formula is C19H23N7. The van der Waals surface area contributed by atoms with Crippen LogP contribution in [0.4, 0.5) is 23.1 Å². The number of piperazine rings is 1. The monoisotopic (exact) mass is 349 g/mol. The smallest absolute Gasteiger partial charge is 0.229 e. The number of aromatic nitrogens is 3. The number of likely N-dealkylation sites (N-methyl/N-ethyl adjacent to an activating group) is 1. The number of nitrogens with zero attached hydrogens (tertiary/aromatic N) is 5. The SMILES string of the molecule is Cc1cc(N)nc2nc(Nc3ccc(N4CCN(C)CC4)cc3)ncc12. The van der Waals surface area contributed by atoms with Crippen LogP contribution in [-0.4, -0.2) is 53.1 Å². The molecule has 1 aliphatic heterocycles. The van der Waals surface area contributed by atoms with Crippen molar-refractivity contribution in [1.82, 2.24) is 19.9 Å². The molecule has 0 amide bonds. The normalized spacial score (nSPS) is 15.4. The van der Waals surface area contributed by atoms with Crippen LogP contribution in [-0.2, 0) is 0 Å². The van der Waals surface area contributed by atoms with Gasteiger partial charge in [-0.2, -0.15) is 4.98 Å². The number of hydrogen-bond acceptors (Lipinski definition) is 7. The molecule has 1 aromatic carbocycles. The lowest BCUT2D eigenvalue weighted by molar-refractivity contribution is 0.313. The third-order valence-corrected chi connectivity index (χ3v) is 4.78. The van der Waals surface area contributed by atoms with E-state index in [0.717, 1.165) is 42.8 Å². The molecule has 0 atom stereocenters. The molecule has 0 radical (unpaired) electrons. The lowest BCUT2D eigenvalue weighted by Gasteiger charge is -2.34. The van der Waals surface area contributed by atoms with Gasteiger partial charge in [0, 0.05) is 49.1 Å². The quantitative estimate of drug-likeness (QED) is 0.751. The third kappa shape index (κ3) is 3.39. The van der Waals surface area contributed by atoms with E-state index >= 15 is 0 Å². The molecule has 1 aliphatic rings. The zero-order chi connectivity index (χ0) is 18.1. The maximum Gasteiger partial charge on any atom is 0.229 e. The molecule has 26 heavy (non-hydrogen) atoms. The van der Waals surface area contributed by atoms with Crippen molar-refractivity contribution < 1.29 is 0 Å². The number of anilines is 4. The number of nitrogens with one attached hydrogen (secondary N) is 1. The fourth-order valence-electron chi connectivity index (χ4n) is 3.20. The minimum Gasteiger partial charge on any atom is -0.384 e. The Hall–Kier alpha value is -2.93. The van der Waals surface area contributed by atoms with Gasteiger partial charge in [0.1, 0.15) is 5.82 Å². The van der Waals surface area contributed by atoms with E-state index in [4.69, 9.17) is 5.73 Å². The Morgan fingerprint density at radius 2 is 1.77 bits per heavy atom. The first-order valence-corrected chi connectivity index (χ1v) is 8.79. The lowest BCUT2D eigenvalue weighted by atomic mass is 10.2. The summed E-state index contributed by atoms with van der Waals surface area (Å²) >= 11 is 0. The van der Waals surface area contributed by atoms with E-state index in [1.54, 1.807) is 6.20 Å². The van der Waals surface area contributed by atoms with Gasteiger partial charge in [-0.15, -0.1) is 0 Å². The van der Waals surface area contributed by atoms with Crippen LogP contribution in [0.25, 0.3) is 11.0 Å². The van der Waals surface area contributed by atoms with Crippen LogP contribution in [0.5, 0.6) is 0 Å². The van der Waals surface area contributed by atoms with Gasteiger partial charge in [0.25, 0.3) is 0 Å². The summed E-state index contributed by atoms with van der Waals surface area (Å²) < 4.78 is 0. The number of pyridine rings is 1. The number of aryl methyl sites for hydroxylation is 1. The molecule has 3 N–H and O–H groups in total. The summed E-state index contributed by atoms with van der Waals surface area (Å²) in [5, 5.41) is 4.15. The largest absolute Gasteiger partial charge is 0.384 e. The van der Waals surface area contributed by atoms with Crippen LogP contribution in [0.1, 0.15) is 5.56 Å². The minimum atomic E-state index is 0.469. The summed E-state index contributed by atoms with van der Waals surface area (Å²) in [7, 11) is 2.16. The Kier molecular flexibility index (Phi) is 4.30. The van der Waals surface area contributed by atoms with Gasteiger partial charge in [-0.25, -0.2) is 9.97 Å². The van der Waals surface area contributed by atoms with E-state index in [2.05, 4.69) is 61.4 Å². The molecule has 0 saturated carbocycles. The molecular weight excluding hydrogens is 326 g/mol. The van der Waals surface area contributed by atoms with Gasteiger partial charge in [-0.3, -0.25) is 0 Å². The summed E-state index contributed by atoms with van der Waals surface area (Å²) in [4.78, 5) is 17.9. The number of nitrogen functional groups attached to an aromatic ring is 1. The second-order valence-corrected chi connectivity index (χ2v) is 6.76. The lowest BCUT2D eigenvalue weighted by Crippen LogP contribution is -2.44. The van der Waals surface area contributed by atoms with Crippen LogP contribution < -0.4 is 16.0 Å². The number of benzene rings is 1. The van der Waals surface area contributed by atoms with Crippen molar-refractivity contribution in [3.63, 3.8) is 0 Å². The van der Waals surface area contributed by atoms with Crippen LogP contribution in [0.15, 0.2) is 36.5 Å². The molecule has 1 fully saturated rings. The van der Waals surface area contributed by atoms with Crippen molar-refractivity contribution in [1.29, 1.82) is 0 Å². The molecule has 134 valence electrons. The highest BCUT2D eigenvalue weighted by molar-refractivity contribution is 5.80. The van der Waals surface area contributed by atoms with E-state index < -0.39 is 0 Å². The van der Waals surface area contributed by atoms with E-state index in [0.29, 0.717) is 17.4 Å². The average Bonchev–Trinajstić information content (AvgIpc) is 2.63. The molecule has 2 aromatic heterocycles. The average molecular weight is 349 g/mol. The van der Waals surface area contributed by atoms with Crippen molar-refractivity contribution in [2.75, 3.05) is 49.2 Å². The molecule has 3 aromatic rings. The van der Waals surface area contributed by atoms with Gasteiger partial charge in [0.05, 0.1) is 0 Å². The Labute approximate surface area is 152 Å². The molecule has 1 saturated heterocycles. The second-order valence-electron chi connectivity index (χ2n) is 6.76. The number of hydrogen-bond donors (Lipinski definition) is 2. The maximum atomic E-state index is 5.82. The summed E-state index contributed by atoms with van der Waals surface area (Å²) in [6.45, 7) is 6.29. The first-order valence-electron chi connectivity index (χ1n) is 8.79. The molecule has 0 aliphatic carbocycles. The van der Waals surface area contributed by atoms with Gasteiger partial charge in [-0.05, 0) is 49.9 Å². The maximum absolute atomic E-state index is 5.82. The zero-order valence-corrected chi connectivity index (χ0v) is 15.1. The van der Waals surface area contributed by atoms with Crippen LogP contribution in [0, 0.1) is 6.92 Å². The molecule has 0 bridgehead atoms. The van der Waals surface area contributed by atoms with Gasteiger partial charge in [0.15, 0.2) is 5.65 Å². The van der Waals surface area contributed by atoms with E-state index in [-0.39, 0.29) is 0 Å².